The minimum Gasteiger partial charge on any atom is -0.372 e. The summed E-state index contributed by atoms with van der Waals surface area (Å²) < 4.78 is 5.26. The number of nitrogens with zero attached hydrogens (tertiary/aromatic N) is 1. The fourth-order valence-electron chi connectivity index (χ4n) is 1.96. The van der Waals surface area contributed by atoms with E-state index in [-0.39, 0.29) is 31.0 Å². The summed E-state index contributed by atoms with van der Waals surface area (Å²) in [7, 11) is 0. The van der Waals surface area contributed by atoms with E-state index in [1.807, 2.05) is 11.8 Å². The Balaban J connectivity index is 0.00000225. The first-order valence-corrected chi connectivity index (χ1v) is 5.86. The monoisotopic (exact) mass is 250 g/mol. The lowest BCUT2D eigenvalue weighted by Gasteiger charge is -2.35. The molecule has 1 heterocycles. The molecule has 1 amide bonds. The SMILES string of the molecule is CCCOCC(=O)N1CCCCC1CN.Cl. The second-order valence-corrected chi connectivity index (χ2v) is 4.03. The molecule has 5 heteroatoms. The first-order chi connectivity index (χ1) is 7.29. The second kappa shape index (κ2) is 8.79. The molecule has 0 saturated carbocycles. The van der Waals surface area contributed by atoms with Crippen LogP contribution in [-0.2, 0) is 9.53 Å². The van der Waals surface area contributed by atoms with Gasteiger partial charge in [-0.15, -0.1) is 12.4 Å². The zero-order chi connectivity index (χ0) is 11.1. The zero-order valence-corrected chi connectivity index (χ0v) is 10.8. The first kappa shape index (κ1) is 15.7. The van der Waals surface area contributed by atoms with Gasteiger partial charge in [-0.25, -0.2) is 0 Å². The summed E-state index contributed by atoms with van der Waals surface area (Å²) in [6.45, 7) is 4.32. The summed E-state index contributed by atoms with van der Waals surface area (Å²) in [6.07, 6.45) is 4.26. The summed E-state index contributed by atoms with van der Waals surface area (Å²) in [6, 6.07) is 0.233. The highest BCUT2D eigenvalue weighted by Crippen LogP contribution is 2.16. The molecule has 0 aromatic carbocycles. The van der Waals surface area contributed by atoms with Crippen molar-refractivity contribution in [1.82, 2.24) is 4.90 Å². The summed E-state index contributed by atoms with van der Waals surface area (Å²) in [4.78, 5) is 13.7. The molecule has 2 N–H and O–H groups in total. The Labute approximate surface area is 104 Å². The summed E-state index contributed by atoms with van der Waals surface area (Å²) >= 11 is 0. The Morgan fingerprint density at radius 2 is 2.25 bits per heavy atom. The lowest BCUT2D eigenvalue weighted by molar-refractivity contribution is -0.139. The lowest BCUT2D eigenvalue weighted by Crippen LogP contribution is -2.48. The number of halogens is 1. The van der Waals surface area contributed by atoms with E-state index in [1.54, 1.807) is 0 Å². The number of ether oxygens (including phenoxy) is 1. The fourth-order valence-corrected chi connectivity index (χ4v) is 1.96. The average molecular weight is 251 g/mol. The van der Waals surface area contributed by atoms with Crippen LogP contribution in [0.1, 0.15) is 32.6 Å². The molecular formula is C11H23ClN2O2. The number of rotatable bonds is 5. The summed E-state index contributed by atoms with van der Waals surface area (Å²) in [5.41, 5.74) is 5.65. The van der Waals surface area contributed by atoms with Crippen LogP contribution in [0.2, 0.25) is 0 Å². The highest BCUT2D eigenvalue weighted by Gasteiger charge is 2.25. The van der Waals surface area contributed by atoms with Gasteiger partial charge in [-0.3, -0.25) is 4.79 Å². The molecule has 1 aliphatic heterocycles. The molecule has 4 nitrogen and oxygen atoms in total. The predicted molar refractivity (Wildman–Crippen MR) is 66.8 cm³/mol. The van der Waals surface area contributed by atoms with E-state index in [1.165, 1.54) is 6.42 Å². The van der Waals surface area contributed by atoms with E-state index >= 15 is 0 Å². The van der Waals surface area contributed by atoms with Crippen LogP contribution in [0.5, 0.6) is 0 Å². The van der Waals surface area contributed by atoms with Crippen molar-refractivity contribution in [3.05, 3.63) is 0 Å². The van der Waals surface area contributed by atoms with E-state index < -0.39 is 0 Å². The molecule has 0 spiro atoms. The number of carbonyl (C=O) groups is 1. The largest absolute Gasteiger partial charge is 0.372 e. The molecule has 0 radical (unpaired) electrons. The Morgan fingerprint density at radius 3 is 2.88 bits per heavy atom. The van der Waals surface area contributed by atoms with E-state index in [2.05, 4.69) is 0 Å². The Hall–Kier alpha value is -0.320. The van der Waals surface area contributed by atoms with E-state index in [9.17, 15) is 4.79 Å². The van der Waals surface area contributed by atoms with Crippen LogP contribution < -0.4 is 5.73 Å². The standard InChI is InChI=1S/C11H22N2O2.ClH/c1-2-7-15-9-11(14)13-6-4-3-5-10(13)8-12;/h10H,2-9,12H2,1H3;1H. The Bertz CT molecular complexity index is 202. The quantitative estimate of drug-likeness (QED) is 0.746. The Morgan fingerprint density at radius 1 is 1.50 bits per heavy atom. The van der Waals surface area contributed by atoms with Gasteiger partial charge in [-0.05, 0) is 25.7 Å². The highest BCUT2D eigenvalue weighted by atomic mass is 35.5. The number of carbonyl (C=O) groups excluding carboxylic acids is 1. The number of amides is 1. The smallest absolute Gasteiger partial charge is 0.248 e. The third-order valence-electron chi connectivity index (χ3n) is 2.79. The molecule has 1 aliphatic rings. The maximum Gasteiger partial charge on any atom is 0.248 e. The topological polar surface area (TPSA) is 55.6 Å². The van der Waals surface area contributed by atoms with E-state index in [0.29, 0.717) is 13.2 Å². The van der Waals surface area contributed by atoms with Gasteiger partial charge in [0.05, 0.1) is 0 Å². The molecule has 96 valence electrons. The number of hydrogen-bond acceptors (Lipinski definition) is 3. The van der Waals surface area contributed by atoms with E-state index in [4.69, 9.17) is 10.5 Å². The molecule has 1 unspecified atom stereocenters. The third kappa shape index (κ3) is 4.68. The number of hydrogen-bond donors (Lipinski definition) is 1. The van der Waals surface area contributed by atoms with Crippen LogP contribution in [0.3, 0.4) is 0 Å². The average Bonchev–Trinajstić information content (AvgIpc) is 2.29. The van der Waals surface area contributed by atoms with Crippen LogP contribution in [0, 0.1) is 0 Å². The molecule has 0 bridgehead atoms. The first-order valence-electron chi connectivity index (χ1n) is 5.86. The third-order valence-corrected chi connectivity index (χ3v) is 2.79. The fraction of sp³-hybridized carbons (Fsp3) is 0.909. The van der Waals surface area contributed by atoms with Gasteiger partial charge in [0.25, 0.3) is 0 Å². The normalized spacial score (nSPS) is 20.4. The summed E-state index contributed by atoms with van der Waals surface area (Å²) in [5.74, 6) is 0.0959. The molecule has 1 atom stereocenters. The molecule has 1 fully saturated rings. The van der Waals surface area contributed by atoms with Gasteiger partial charge in [-0.2, -0.15) is 0 Å². The molecule has 1 saturated heterocycles. The van der Waals surface area contributed by atoms with Crippen molar-refractivity contribution in [2.45, 2.75) is 38.6 Å². The van der Waals surface area contributed by atoms with E-state index in [0.717, 1.165) is 25.8 Å². The Kier molecular flexibility index (Phi) is 8.61. The van der Waals surface area contributed by atoms with Gasteiger partial charge in [0, 0.05) is 25.7 Å². The van der Waals surface area contributed by atoms with Gasteiger partial charge in [-0.1, -0.05) is 6.92 Å². The number of likely N-dealkylation sites (tertiary alicyclic amines) is 1. The van der Waals surface area contributed by atoms with Crippen LogP contribution in [0.4, 0.5) is 0 Å². The number of piperidine rings is 1. The van der Waals surface area contributed by atoms with Gasteiger partial charge in [0.1, 0.15) is 6.61 Å². The van der Waals surface area contributed by atoms with Crippen LogP contribution in [-0.4, -0.2) is 43.2 Å². The minimum atomic E-state index is 0. The van der Waals surface area contributed by atoms with Gasteiger partial charge in [0.2, 0.25) is 5.91 Å². The highest BCUT2D eigenvalue weighted by molar-refractivity contribution is 5.85. The molecule has 0 aromatic heterocycles. The van der Waals surface area contributed by atoms with Crippen molar-refractivity contribution < 1.29 is 9.53 Å². The van der Waals surface area contributed by atoms with Gasteiger partial charge in [0.15, 0.2) is 0 Å². The molecule has 1 rings (SSSR count). The number of nitrogens with two attached hydrogens (primary N) is 1. The van der Waals surface area contributed by atoms with Crippen molar-refractivity contribution in [3.8, 4) is 0 Å². The molecule has 0 aromatic rings. The lowest BCUT2D eigenvalue weighted by atomic mass is 10.0. The maximum atomic E-state index is 11.8. The summed E-state index contributed by atoms with van der Waals surface area (Å²) in [5, 5.41) is 0. The van der Waals surface area contributed by atoms with Crippen molar-refractivity contribution in [2.75, 3.05) is 26.3 Å². The van der Waals surface area contributed by atoms with Crippen molar-refractivity contribution in [1.29, 1.82) is 0 Å². The van der Waals surface area contributed by atoms with Crippen molar-refractivity contribution in [3.63, 3.8) is 0 Å². The van der Waals surface area contributed by atoms with Gasteiger partial charge < -0.3 is 15.4 Å². The van der Waals surface area contributed by atoms with Crippen LogP contribution in [0.25, 0.3) is 0 Å². The second-order valence-electron chi connectivity index (χ2n) is 4.03. The van der Waals surface area contributed by atoms with Crippen molar-refractivity contribution >= 4 is 18.3 Å². The minimum absolute atomic E-state index is 0. The van der Waals surface area contributed by atoms with Crippen LogP contribution in [0.15, 0.2) is 0 Å². The van der Waals surface area contributed by atoms with Crippen molar-refractivity contribution in [2.24, 2.45) is 5.73 Å². The molecule has 16 heavy (non-hydrogen) atoms. The molecular weight excluding hydrogens is 228 g/mol. The van der Waals surface area contributed by atoms with Gasteiger partial charge >= 0.3 is 0 Å². The predicted octanol–water partition coefficient (Wildman–Crippen LogP) is 1.17. The zero-order valence-electron chi connectivity index (χ0n) is 9.98. The molecule has 0 aliphatic carbocycles. The van der Waals surface area contributed by atoms with Crippen LogP contribution >= 0.6 is 12.4 Å². The maximum absolute atomic E-state index is 11.8.